The number of hydrogen-bond donors (Lipinski definition) is 2. The quantitative estimate of drug-likeness (QED) is 0.250. The summed E-state index contributed by atoms with van der Waals surface area (Å²) in [6.45, 7) is 6.61. The smallest absolute Gasteiger partial charge is 0.258 e. The molecule has 13 heteroatoms. The molecule has 1 amide bonds. The molecule has 2 unspecified atom stereocenters. The molecule has 1 aliphatic heterocycles. The molecule has 5 rings (SSSR count). The number of carbonyl (C=O) groups is 1. The molecule has 0 saturated carbocycles. The van der Waals surface area contributed by atoms with Crippen LogP contribution in [0.25, 0.3) is 10.2 Å². The van der Waals surface area contributed by atoms with Crippen LogP contribution in [0.2, 0.25) is 10.0 Å². The molecule has 1 fully saturated rings. The Balaban J connectivity index is 1.35. The summed E-state index contributed by atoms with van der Waals surface area (Å²) < 4.78 is 16.9. The third-order valence-corrected chi connectivity index (χ3v) is 8.42. The van der Waals surface area contributed by atoms with E-state index in [-0.39, 0.29) is 15.7 Å². The molecule has 0 bridgehead atoms. The Bertz CT molecular complexity index is 1500. The maximum atomic E-state index is 13.3. The molecular formula is C27H28Cl2N6O4S. The zero-order chi connectivity index (χ0) is 28.4. The number of nitrogens with zero attached hydrogens (tertiary/aromatic N) is 4. The van der Waals surface area contributed by atoms with E-state index in [1.54, 1.807) is 11.4 Å². The summed E-state index contributed by atoms with van der Waals surface area (Å²) in [7, 11) is 2.93. The van der Waals surface area contributed by atoms with Crippen LogP contribution in [0.1, 0.15) is 29.8 Å². The van der Waals surface area contributed by atoms with Crippen LogP contribution in [0.5, 0.6) is 11.5 Å². The summed E-state index contributed by atoms with van der Waals surface area (Å²) >= 11 is 14.2. The second kappa shape index (κ2) is 12.1. The van der Waals surface area contributed by atoms with E-state index in [4.69, 9.17) is 37.4 Å². The van der Waals surface area contributed by atoms with E-state index in [2.05, 4.69) is 44.3 Å². The lowest BCUT2D eigenvalue weighted by atomic mass is 10.1. The maximum absolute atomic E-state index is 13.3. The van der Waals surface area contributed by atoms with Crippen molar-refractivity contribution in [2.75, 3.05) is 38.1 Å². The molecule has 2 atom stereocenters. The number of nitrogens with one attached hydrogen (secondary N) is 2. The lowest BCUT2D eigenvalue weighted by molar-refractivity contribution is -0.0409. The fourth-order valence-electron chi connectivity index (χ4n) is 4.55. The lowest BCUT2D eigenvalue weighted by Gasteiger charge is -2.38. The zero-order valence-electron chi connectivity index (χ0n) is 22.3. The number of morpholine rings is 1. The van der Waals surface area contributed by atoms with Crippen LogP contribution < -0.4 is 20.1 Å². The van der Waals surface area contributed by atoms with Gasteiger partial charge in [0.15, 0.2) is 5.82 Å². The molecule has 4 aromatic rings. The molecule has 210 valence electrons. The number of ether oxygens (including phenoxy) is 3. The number of amides is 1. The van der Waals surface area contributed by atoms with Crippen LogP contribution in [-0.4, -0.2) is 65.3 Å². The number of benzene rings is 1. The Morgan fingerprint density at radius 1 is 1.10 bits per heavy atom. The fraction of sp³-hybridized carbons (Fsp3) is 0.333. The van der Waals surface area contributed by atoms with Gasteiger partial charge in [-0.15, -0.1) is 11.3 Å². The number of anilines is 3. The van der Waals surface area contributed by atoms with Gasteiger partial charge in [-0.25, -0.2) is 15.0 Å². The van der Waals surface area contributed by atoms with Gasteiger partial charge in [0.1, 0.15) is 33.7 Å². The summed E-state index contributed by atoms with van der Waals surface area (Å²) in [5, 5.41) is 8.05. The highest BCUT2D eigenvalue weighted by molar-refractivity contribution is 7.18. The molecule has 1 aromatic carbocycles. The predicted octanol–water partition coefficient (Wildman–Crippen LogP) is 6.02. The highest BCUT2D eigenvalue weighted by Crippen LogP contribution is 2.44. The Kier molecular flexibility index (Phi) is 8.57. The van der Waals surface area contributed by atoms with Crippen LogP contribution in [-0.2, 0) is 11.3 Å². The highest BCUT2D eigenvalue weighted by atomic mass is 35.5. The van der Waals surface area contributed by atoms with Crippen molar-refractivity contribution in [3.8, 4) is 11.5 Å². The van der Waals surface area contributed by atoms with Crippen molar-refractivity contribution in [2.45, 2.75) is 32.5 Å². The zero-order valence-corrected chi connectivity index (χ0v) is 24.7. The number of carbonyl (C=O) groups excluding carboxylic acids is 1. The number of thiophene rings is 1. The monoisotopic (exact) mass is 602 g/mol. The number of pyridine rings is 1. The molecule has 1 aliphatic rings. The minimum Gasteiger partial charge on any atom is -0.495 e. The van der Waals surface area contributed by atoms with Gasteiger partial charge in [0, 0.05) is 36.3 Å². The Morgan fingerprint density at radius 3 is 2.42 bits per heavy atom. The van der Waals surface area contributed by atoms with E-state index in [0.717, 1.165) is 25.3 Å². The molecule has 1 saturated heterocycles. The summed E-state index contributed by atoms with van der Waals surface area (Å²) in [6, 6.07) is 6.21. The summed E-state index contributed by atoms with van der Waals surface area (Å²) in [5.41, 5.74) is 2.12. The first kappa shape index (κ1) is 28.3. The second-order valence-electron chi connectivity index (χ2n) is 9.37. The first-order valence-electron chi connectivity index (χ1n) is 12.5. The molecule has 40 heavy (non-hydrogen) atoms. The Hall–Kier alpha value is -3.22. The molecule has 0 spiro atoms. The SMILES string of the molecule is COc1cc(OC)c(Cl)c(NC(=O)c2csc3c(Nc4ccc(CN5C(C)COCC5C)cn4)ncnc23)c1Cl. The minimum absolute atomic E-state index is 0.158. The number of methoxy groups -OCH3 is 2. The molecule has 0 aliphatic carbocycles. The molecular weight excluding hydrogens is 575 g/mol. The van der Waals surface area contributed by atoms with Crippen molar-refractivity contribution in [2.24, 2.45) is 0 Å². The van der Waals surface area contributed by atoms with Crippen LogP contribution in [0, 0.1) is 0 Å². The number of hydrogen-bond acceptors (Lipinski definition) is 10. The maximum Gasteiger partial charge on any atom is 0.258 e. The minimum atomic E-state index is -0.441. The summed E-state index contributed by atoms with van der Waals surface area (Å²) in [4.78, 5) is 29.1. The standard InChI is InChI=1S/C27H28Cl2N6O4S/c1-14-10-39-11-15(2)35(14)9-16-5-6-20(30-8-16)33-26-25-23(31-13-32-26)17(12-40-25)27(36)34-24-21(28)18(37-3)7-19(38-4)22(24)29/h5-8,12-15H,9-11H2,1-4H3,(H,34,36)(H,30,31,32,33). The van der Waals surface area contributed by atoms with E-state index in [1.807, 2.05) is 18.3 Å². The number of halogens is 2. The van der Waals surface area contributed by atoms with Gasteiger partial charge in [0.25, 0.3) is 5.91 Å². The predicted molar refractivity (Wildman–Crippen MR) is 158 cm³/mol. The number of aromatic nitrogens is 3. The first-order chi connectivity index (χ1) is 19.3. The van der Waals surface area contributed by atoms with Crippen molar-refractivity contribution in [1.29, 1.82) is 0 Å². The van der Waals surface area contributed by atoms with Crippen molar-refractivity contribution >= 4 is 68.0 Å². The van der Waals surface area contributed by atoms with Crippen molar-refractivity contribution in [1.82, 2.24) is 19.9 Å². The fourth-order valence-corrected chi connectivity index (χ4v) is 6.09. The van der Waals surface area contributed by atoms with Gasteiger partial charge in [0.2, 0.25) is 0 Å². The van der Waals surface area contributed by atoms with Crippen molar-refractivity contribution in [3.63, 3.8) is 0 Å². The van der Waals surface area contributed by atoms with E-state index < -0.39 is 5.91 Å². The third-order valence-electron chi connectivity index (χ3n) is 6.70. The first-order valence-corrected chi connectivity index (χ1v) is 14.1. The molecule has 0 radical (unpaired) electrons. The van der Waals surface area contributed by atoms with E-state index >= 15 is 0 Å². The van der Waals surface area contributed by atoms with E-state index in [9.17, 15) is 4.79 Å². The van der Waals surface area contributed by atoms with Gasteiger partial charge < -0.3 is 24.8 Å². The van der Waals surface area contributed by atoms with Gasteiger partial charge in [-0.3, -0.25) is 9.69 Å². The highest BCUT2D eigenvalue weighted by Gasteiger charge is 2.26. The topological polar surface area (TPSA) is 111 Å². The van der Waals surface area contributed by atoms with E-state index in [0.29, 0.717) is 51.0 Å². The lowest BCUT2D eigenvalue weighted by Crippen LogP contribution is -2.48. The summed E-state index contributed by atoms with van der Waals surface area (Å²) in [5.74, 6) is 1.37. The van der Waals surface area contributed by atoms with Crippen LogP contribution in [0.3, 0.4) is 0 Å². The van der Waals surface area contributed by atoms with Crippen LogP contribution in [0.15, 0.2) is 36.1 Å². The van der Waals surface area contributed by atoms with Crippen molar-refractivity contribution < 1.29 is 19.0 Å². The number of fused-ring (bicyclic) bond motifs is 1. The van der Waals surface area contributed by atoms with Gasteiger partial charge in [-0.2, -0.15) is 0 Å². The van der Waals surface area contributed by atoms with Crippen LogP contribution >= 0.6 is 34.5 Å². The van der Waals surface area contributed by atoms with E-state index in [1.165, 1.54) is 31.9 Å². The Morgan fingerprint density at radius 2 is 1.80 bits per heavy atom. The van der Waals surface area contributed by atoms with Crippen molar-refractivity contribution in [3.05, 3.63) is 57.3 Å². The number of rotatable bonds is 8. The van der Waals surface area contributed by atoms with Gasteiger partial charge in [-0.05, 0) is 25.5 Å². The van der Waals surface area contributed by atoms with Gasteiger partial charge >= 0.3 is 0 Å². The van der Waals surface area contributed by atoms with Gasteiger partial charge in [-0.1, -0.05) is 29.3 Å². The van der Waals surface area contributed by atoms with Gasteiger partial charge in [0.05, 0.1) is 48.9 Å². The average molecular weight is 604 g/mol. The normalized spacial score (nSPS) is 17.6. The molecule has 2 N–H and O–H groups in total. The summed E-state index contributed by atoms with van der Waals surface area (Å²) in [6.07, 6.45) is 3.26. The average Bonchev–Trinajstić information content (AvgIpc) is 3.40. The second-order valence-corrected chi connectivity index (χ2v) is 11.0. The molecule has 10 nitrogen and oxygen atoms in total. The largest absolute Gasteiger partial charge is 0.495 e. The van der Waals surface area contributed by atoms with Crippen LogP contribution in [0.4, 0.5) is 17.3 Å². The third kappa shape index (κ3) is 5.65. The Labute approximate surface area is 245 Å². The molecule has 3 aromatic heterocycles. The molecule has 4 heterocycles.